The zero-order valence-corrected chi connectivity index (χ0v) is 17.6. The van der Waals surface area contributed by atoms with Crippen LogP contribution >= 0.6 is 0 Å². The highest BCUT2D eigenvalue weighted by Gasteiger charge is 2.35. The summed E-state index contributed by atoms with van der Waals surface area (Å²) in [6.07, 6.45) is 2.37. The van der Waals surface area contributed by atoms with Crippen molar-refractivity contribution in [2.24, 2.45) is 5.92 Å². The Bertz CT molecular complexity index is 577. The minimum Gasteiger partial charge on any atom is -0.458 e. The van der Waals surface area contributed by atoms with Crippen LogP contribution < -0.4 is 5.32 Å². The van der Waals surface area contributed by atoms with Crippen LogP contribution in [0.2, 0.25) is 25.7 Å². The highest BCUT2D eigenvalue weighted by atomic mass is 28.3. The first kappa shape index (κ1) is 21.3. The summed E-state index contributed by atoms with van der Waals surface area (Å²) in [5.41, 5.74) is -0.290. The lowest BCUT2D eigenvalue weighted by Crippen LogP contribution is -2.50. The third kappa shape index (κ3) is 7.82. The van der Waals surface area contributed by atoms with Gasteiger partial charge in [-0.05, 0) is 38.8 Å². The standard InChI is InChI=1S/C19H32N2O3Si/c1-8-14(13-25(5,6)7)16(18(23)24-19(2,3)4)21-17(22)15-11-9-10-12-20-15/h9-12,14,16H,8,13H2,1-7H3,(H,21,22)/t14?,16-/m0/s1. The zero-order valence-electron chi connectivity index (χ0n) is 16.6. The molecule has 1 amide bonds. The number of esters is 1. The highest BCUT2D eigenvalue weighted by Crippen LogP contribution is 2.25. The van der Waals surface area contributed by atoms with Gasteiger partial charge >= 0.3 is 5.97 Å². The molecule has 0 bridgehead atoms. The lowest BCUT2D eigenvalue weighted by atomic mass is 9.98. The van der Waals surface area contributed by atoms with Crippen molar-refractivity contribution in [3.63, 3.8) is 0 Å². The van der Waals surface area contributed by atoms with Gasteiger partial charge < -0.3 is 10.1 Å². The van der Waals surface area contributed by atoms with Gasteiger partial charge in [-0.2, -0.15) is 0 Å². The Hall–Kier alpha value is -1.69. The molecule has 5 nitrogen and oxygen atoms in total. The van der Waals surface area contributed by atoms with Crippen LogP contribution in [-0.2, 0) is 9.53 Å². The van der Waals surface area contributed by atoms with Gasteiger partial charge in [-0.15, -0.1) is 0 Å². The van der Waals surface area contributed by atoms with E-state index in [2.05, 4.69) is 36.9 Å². The van der Waals surface area contributed by atoms with Crippen molar-refractivity contribution in [2.75, 3.05) is 0 Å². The van der Waals surface area contributed by atoms with Crippen molar-refractivity contribution >= 4 is 20.0 Å². The van der Waals surface area contributed by atoms with E-state index in [0.717, 1.165) is 12.5 Å². The number of carbonyl (C=O) groups is 2. The van der Waals surface area contributed by atoms with E-state index in [9.17, 15) is 9.59 Å². The molecule has 140 valence electrons. The monoisotopic (exact) mass is 364 g/mol. The van der Waals surface area contributed by atoms with Crippen LogP contribution in [0.3, 0.4) is 0 Å². The average Bonchev–Trinajstić information content (AvgIpc) is 2.48. The van der Waals surface area contributed by atoms with Gasteiger partial charge in [-0.3, -0.25) is 9.78 Å². The second-order valence-corrected chi connectivity index (χ2v) is 14.2. The molecule has 1 aromatic rings. The maximum Gasteiger partial charge on any atom is 0.329 e. The molecule has 1 N–H and O–H groups in total. The number of amides is 1. The summed E-state index contributed by atoms with van der Waals surface area (Å²) in [7, 11) is -1.41. The summed E-state index contributed by atoms with van der Waals surface area (Å²) < 4.78 is 5.58. The molecular weight excluding hydrogens is 332 g/mol. The number of carbonyl (C=O) groups excluding carboxylic acids is 2. The largest absolute Gasteiger partial charge is 0.458 e. The first-order chi connectivity index (χ1) is 11.4. The summed E-state index contributed by atoms with van der Waals surface area (Å²) >= 11 is 0. The second-order valence-electron chi connectivity index (χ2n) is 8.63. The van der Waals surface area contributed by atoms with Crippen LogP contribution in [0.5, 0.6) is 0 Å². The first-order valence-electron chi connectivity index (χ1n) is 8.87. The summed E-state index contributed by atoms with van der Waals surface area (Å²) in [6, 6.07) is 5.42. The molecule has 0 aromatic carbocycles. The van der Waals surface area contributed by atoms with Gasteiger partial charge in [0.05, 0.1) is 0 Å². The summed E-state index contributed by atoms with van der Waals surface area (Å²) in [5.74, 6) is -0.665. The average molecular weight is 365 g/mol. The fourth-order valence-electron chi connectivity index (χ4n) is 2.73. The van der Waals surface area contributed by atoms with E-state index in [-0.39, 0.29) is 17.8 Å². The molecule has 1 rings (SSSR count). The van der Waals surface area contributed by atoms with Gasteiger partial charge in [0, 0.05) is 14.3 Å². The van der Waals surface area contributed by atoms with Crippen molar-refractivity contribution in [3.8, 4) is 0 Å². The van der Waals surface area contributed by atoms with E-state index in [1.807, 2.05) is 20.8 Å². The van der Waals surface area contributed by atoms with Crippen LogP contribution in [-0.4, -0.2) is 36.6 Å². The Balaban J connectivity index is 3.05. The maximum atomic E-state index is 12.8. The molecule has 1 aromatic heterocycles. The van der Waals surface area contributed by atoms with Gasteiger partial charge in [0.2, 0.25) is 0 Å². The summed E-state index contributed by atoms with van der Waals surface area (Å²) in [6.45, 7) is 14.4. The number of hydrogen-bond acceptors (Lipinski definition) is 4. The topological polar surface area (TPSA) is 68.3 Å². The van der Waals surface area contributed by atoms with Crippen molar-refractivity contribution < 1.29 is 14.3 Å². The van der Waals surface area contributed by atoms with Crippen molar-refractivity contribution in [2.45, 2.75) is 71.4 Å². The number of ether oxygens (including phenoxy) is 1. The molecule has 0 spiro atoms. The van der Waals surface area contributed by atoms with E-state index in [1.54, 1.807) is 24.4 Å². The van der Waals surface area contributed by atoms with E-state index in [0.29, 0.717) is 5.69 Å². The third-order valence-corrected chi connectivity index (χ3v) is 5.46. The molecule has 0 saturated carbocycles. The van der Waals surface area contributed by atoms with Crippen LogP contribution in [0.1, 0.15) is 44.6 Å². The molecule has 0 radical (unpaired) electrons. The minimum absolute atomic E-state index is 0.0502. The molecule has 1 unspecified atom stereocenters. The quantitative estimate of drug-likeness (QED) is 0.589. The molecule has 6 heteroatoms. The van der Waals surface area contributed by atoms with Crippen molar-refractivity contribution in [1.29, 1.82) is 0 Å². The van der Waals surface area contributed by atoms with Crippen molar-refractivity contribution in [1.82, 2.24) is 10.3 Å². The van der Waals surface area contributed by atoms with Crippen LogP contribution in [0, 0.1) is 5.92 Å². The van der Waals surface area contributed by atoms with E-state index >= 15 is 0 Å². The third-order valence-electron chi connectivity index (χ3n) is 3.72. The normalized spacial score (nSPS) is 14.5. The summed E-state index contributed by atoms with van der Waals surface area (Å²) in [4.78, 5) is 29.4. The van der Waals surface area contributed by atoms with Gasteiger partial charge in [0.1, 0.15) is 17.3 Å². The highest BCUT2D eigenvalue weighted by molar-refractivity contribution is 6.76. The fraction of sp³-hybridized carbons (Fsp3) is 0.632. The lowest BCUT2D eigenvalue weighted by Gasteiger charge is -2.32. The number of aromatic nitrogens is 1. The van der Waals surface area contributed by atoms with Gasteiger partial charge in [-0.25, -0.2) is 4.79 Å². The predicted molar refractivity (Wildman–Crippen MR) is 103 cm³/mol. The molecule has 25 heavy (non-hydrogen) atoms. The smallest absolute Gasteiger partial charge is 0.329 e. The van der Waals surface area contributed by atoms with Gasteiger partial charge in [0.25, 0.3) is 5.91 Å². The first-order valence-corrected chi connectivity index (χ1v) is 12.6. The number of nitrogens with one attached hydrogen (secondary N) is 1. The molecule has 0 fully saturated rings. The molecule has 0 aliphatic carbocycles. The van der Waals surface area contributed by atoms with Gasteiger partial charge in [0.15, 0.2) is 0 Å². The zero-order chi connectivity index (χ0) is 19.3. The van der Waals surface area contributed by atoms with E-state index < -0.39 is 19.7 Å². The minimum atomic E-state index is -1.41. The lowest BCUT2D eigenvalue weighted by molar-refractivity contribution is -0.158. The van der Waals surface area contributed by atoms with E-state index in [4.69, 9.17) is 4.74 Å². The Morgan fingerprint density at radius 3 is 2.32 bits per heavy atom. The number of rotatable bonds is 7. The van der Waals surface area contributed by atoms with Crippen molar-refractivity contribution in [3.05, 3.63) is 30.1 Å². The van der Waals surface area contributed by atoms with Crippen LogP contribution in [0.15, 0.2) is 24.4 Å². The van der Waals surface area contributed by atoms with Gasteiger partial charge in [-0.1, -0.05) is 45.1 Å². The molecule has 0 aliphatic heterocycles. The molecule has 1 heterocycles. The molecule has 0 saturated heterocycles. The number of pyridine rings is 1. The molecule has 0 aliphatic rings. The molecular formula is C19H32N2O3Si. The Morgan fingerprint density at radius 2 is 1.88 bits per heavy atom. The van der Waals surface area contributed by atoms with E-state index in [1.165, 1.54) is 0 Å². The van der Waals surface area contributed by atoms with Crippen LogP contribution in [0.25, 0.3) is 0 Å². The molecule has 2 atom stereocenters. The number of hydrogen-bond donors (Lipinski definition) is 1. The SMILES string of the molecule is CCC(C[Si](C)(C)C)[C@H](NC(=O)c1ccccn1)C(=O)OC(C)(C)C. The summed E-state index contributed by atoms with van der Waals surface area (Å²) in [5, 5.41) is 2.88. The predicted octanol–water partition coefficient (Wildman–Crippen LogP) is 3.89. The maximum absolute atomic E-state index is 12.8. The van der Waals surface area contributed by atoms with Crippen LogP contribution in [0.4, 0.5) is 0 Å². The fourth-order valence-corrected chi connectivity index (χ4v) is 4.83. The Morgan fingerprint density at radius 1 is 1.24 bits per heavy atom. The second kappa shape index (κ2) is 8.60. The Kier molecular flexibility index (Phi) is 7.35. The Labute approximate surface area is 152 Å². The number of nitrogens with zero attached hydrogens (tertiary/aromatic N) is 1.